The summed E-state index contributed by atoms with van der Waals surface area (Å²) in [6, 6.07) is 0. The van der Waals surface area contributed by atoms with Crippen molar-refractivity contribution in [2.24, 2.45) is 5.73 Å². The van der Waals surface area contributed by atoms with E-state index in [9.17, 15) is 0 Å². The van der Waals surface area contributed by atoms with Crippen LogP contribution in [0.4, 0.5) is 4.79 Å². The fourth-order valence-corrected chi connectivity index (χ4v) is 0. The third-order valence-corrected chi connectivity index (χ3v) is 0. The van der Waals surface area contributed by atoms with Crippen LogP contribution in [0.15, 0.2) is 0 Å². The molecular weight excluding hydrogens is 154 g/mol. The normalized spacial score (nSPS) is 6.12. The summed E-state index contributed by atoms with van der Waals surface area (Å²) in [5.74, 6) is 0. The van der Waals surface area contributed by atoms with E-state index < -0.39 is 15.8 Å². The van der Waals surface area contributed by atoms with Gasteiger partial charge in [0.15, 0.2) is 0 Å². The van der Waals surface area contributed by atoms with Gasteiger partial charge in [-0.1, -0.05) is 12.6 Å². The third kappa shape index (κ3) is 342. The van der Waals surface area contributed by atoms with E-state index in [1.807, 2.05) is 0 Å². The van der Waals surface area contributed by atoms with E-state index in [2.05, 4.69) is 18.4 Å². The lowest BCUT2D eigenvalue weighted by Crippen LogP contribution is -1.95. The van der Waals surface area contributed by atoms with Crippen molar-refractivity contribution in [2.45, 2.75) is 0 Å². The minimum Gasteiger partial charge on any atom is -0.361 e. The average Bonchev–Trinajstić information content (AvgIpc) is 1.25. The summed E-state index contributed by atoms with van der Waals surface area (Å²) in [6.45, 7) is 0. The smallest absolute Gasteiger partial charge is 0.361 e. The first-order valence-corrected chi connectivity index (χ1v) is 2.66. The summed E-state index contributed by atoms with van der Waals surface area (Å²) in [5, 5.41) is -0.639. The molecule has 0 bridgehead atoms. The molecule has 0 heterocycles. The molecule has 8 heavy (non-hydrogen) atoms. The van der Waals surface area contributed by atoms with E-state index in [4.69, 9.17) is 17.4 Å². The van der Waals surface area contributed by atoms with Gasteiger partial charge in [0, 0.05) is 0 Å². The number of hydrogen-bond donors (Lipinski definition) is 2. The van der Waals surface area contributed by atoms with Gasteiger partial charge in [-0.15, -0.1) is 12.6 Å². The van der Waals surface area contributed by atoms with Crippen molar-refractivity contribution in [3.05, 3.63) is 0 Å². The van der Waals surface area contributed by atoms with Gasteiger partial charge in [-0.2, -0.15) is 0 Å². The van der Waals surface area contributed by atoms with E-state index in [1.165, 1.54) is 0 Å². The summed E-state index contributed by atoms with van der Waals surface area (Å²) in [6.07, 6.45) is 0. The number of carbonyl (C=O) groups excluding carboxylic acids is 1. The van der Waals surface area contributed by atoms with Gasteiger partial charge < -0.3 is 5.73 Å². The third-order valence-electron chi connectivity index (χ3n) is 0. The summed E-state index contributed by atoms with van der Waals surface area (Å²) in [4.78, 5) is 9.09. The van der Waals surface area contributed by atoms with Gasteiger partial charge in [0.2, 0.25) is 0 Å². The van der Waals surface area contributed by atoms with E-state index >= 15 is 0 Å². The second kappa shape index (κ2) is 6.44. The highest BCUT2D eigenvalue weighted by atomic mass is 32.2. The highest BCUT2D eigenvalue weighted by molar-refractivity contribution is 7.96. The number of amides is 1. The predicted molar refractivity (Wildman–Crippen MR) is 28.3 cm³/mol. The minimum atomic E-state index is -3.11. The maximum absolute atomic E-state index is 9.09. The molecule has 0 unspecified atom stereocenters. The Hall–Kier alpha value is -0.560. The average molecular weight is 157 g/mol. The largest absolute Gasteiger partial charge is 0.425 e. The number of carbonyl (C=O) groups is 1. The van der Waals surface area contributed by atoms with E-state index in [1.54, 1.807) is 0 Å². The first-order chi connectivity index (χ1) is 3.46. The van der Waals surface area contributed by atoms with Crippen molar-refractivity contribution in [3.63, 3.8) is 0 Å². The Kier molecular flexibility index (Phi) is 8.39. The van der Waals surface area contributed by atoms with Gasteiger partial charge in [-0.05, 0) is 0 Å². The topological polar surface area (TPSA) is 94.3 Å². The van der Waals surface area contributed by atoms with Crippen LogP contribution in [0.3, 0.4) is 0 Å². The van der Waals surface area contributed by atoms with Crippen molar-refractivity contribution < 1.29 is 17.4 Å². The molecule has 0 aliphatic carbocycles. The number of hydrogen-bond acceptors (Lipinski definition) is 4. The lowest BCUT2D eigenvalue weighted by molar-refractivity contribution is 0.267. The van der Waals surface area contributed by atoms with Crippen LogP contribution in [-0.2, 0) is 10.6 Å². The zero-order valence-electron chi connectivity index (χ0n) is 3.57. The van der Waals surface area contributed by atoms with Gasteiger partial charge in [-0.3, -0.25) is 4.79 Å². The van der Waals surface area contributed by atoms with Gasteiger partial charge in [-0.25, -0.2) is 0 Å². The van der Waals surface area contributed by atoms with Crippen LogP contribution in [0.1, 0.15) is 0 Å². The SMILES string of the molecule is NC(=O)S.O=S(=O)=O. The zero-order valence-corrected chi connectivity index (χ0v) is 5.28. The van der Waals surface area contributed by atoms with Gasteiger partial charge in [0.1, 0.15) is 0 Å². The molecule has 0 aromatic heterocycles. The number of rotatable bonds is 0. The predicted octanol–water partition coefficient (Wildman–Crippen LogP) is -1.01. The van der Waals surface area contributed by atoms with Gasteiger partial charge in [0.25, 0.3) is 5.24 Å². The second-order valence-electron chi connectivity index (χ2n) is 0.542. The molecule has 0 saturated carbocycles. The van der Waals surface area contributed by atoms with Crippen LogP contribution in [0.2, 0.25) is 0 Å². The summed E-state index contributed by atoms with van der Waals surface area (Å²) in [5.41, 5.74) is 4.34. The zero-order chi connectivity index (χ0) is 7.15. The van der Waals surface area contributed by atoms with Crippen molar-refractivity contribution in [3.8, 4) is 0 Å². The molecule has 0 aromatic rings. The Labute approximate surface area is 52.3 Å². The van der Waals surface area contributed by atoms with Gasteiger partial charge in [0.05, 0.1) is 0 Å². The quantitative estimate of drug-likeness (QED) is 0.440. The summed E-state index contributed by atoms with van der Waals surface area (Å²) < 4.78 is 25.3. The molecule has 0 aliphatic rings. The summed E-state index contributed by atoms with van der Waals surface area (Å²) in [7, 11) is -3.11. The van der Waals surface area contributed by atoms with Crippen molar-refractivity contribution >= 4 is 28.5 Å². The molecule has 0 radical (unpaired) electrons. The Bertz CT molecular complexity index is 143. The number of nitrogens with two attached hydrogens (primary N) is 1. The molecule has 0 rings (SSSR count). The van der Waals surface area contributed by atoms with Crippen LogP contribution in [0.25, 0.3) is 0 Å². The highest BCUT2D eigenvalue weighted by Crippen LogP contribution is 1.60. The Balaban J connectivity index is 0. The first kappa shape index (κ1) is 10.4. The first-order valence-electron chi connectivity index (χ1n) is 1.22. The van der Waals surface area contributed by atoms with Crippen LogP contribution >= 0.6 is 12.6 Å². The molecule has 0 spiro atoms. The molecule has 7 heteroatoms. The monoisotopic (exact) mass is 157 g/mol. The van der Waals surface area contributed by atoms with E-state index in [0.29, 0.717) is 0 Å². The second-order valence-corrected chi connectivity index (χ2v) is 1.39. The van der Waals surface area contributed by atoms with Crippen LogP contribution in [0, 0.1) is 0 Å². The molecule has 5 nitrogen and oxygen atoms in total. The standard InChI is InChI=1S/CH3NOS.O3S/c2-1(3)4;1-4(2)3/h(H3,2,3,4);. The number of thiol groups is 1. The molecule has 0 aliphatic heterocycles. The molecule has 0 atom stereocenters. The van der Waals surface area contributed by atoms with E-state index in [-0.39, 0.29) is 0 Å². The highest BCUT2D eigenvalue weighted by Gasteiger charge is 1.63. The number of primary amides is 1. The Morgan fingerprint density at radius 3 is 1.38 bits per heavy atom. The fourth-order valence-electron chi connectivity index (χ4n) is 0. The molecular formula is CH3NO4S2. The lowest BCUT2D eigenvalue weighted by Gasteiger charge is -1.58. The summed E-state index contributed by atoms with van der Waals surface area (Å²) >= 11 is 3.10. The molecule has 0 aromatic carbocycles. The lowest BCUT2D eigenvalue weighted by atomic mass is 11.5. The Morgan fingerprint density at radius 2 is 1.38 bits per heavy atom. The maximum atomic E-state index is 9.09. The van der Waals surface area contributed by atoms with Gasteiger partial charge >= 0.3 is 10.6 Å². The van der Waals surface area contributed by atoms with Crippen molar-refractivity contribution in [2.75, 3.05) is 0 Å². The van der Waals surface area contributed by atoms with Crippen molar-refractivity contribution in [1.82, 2.24) is 0 Å². The molecule has 0 fully saturated rings. The van der Waals surface area contributed by atoms with E-state index in [0.717, 1.165) is 0 Å². The molecule has 48 valence electrons. The fraction of sp³-hybridized carbons (Fsp3) is 0. The molecule has 0 saturated heterocycles. The molecule has 1 amide bonds. The maximum Gasteiger partial charge on any atom is 0.425 e. The molecule has 2 N–H and O–H groups in total. The van der Waals surface area contributed by atoms with Crippen LogP contribution < -0.4 is 5.73 Å². The van der Waals surface area contributed by atoms with Crippen LogP contribution in [0.5, 0.6) is 0 Å². The van der Waals surface area contributed by atoms with Crippen molar-refractivity contribution in [1.29, 1.82) is 0 Å². The minimum absolute atomic E-state index is 0.639. The Morgan fingerprint density at radius 1 is 1.38 bits per heavy atom. The van der Waals surface area contributed by atoms with Crippen LogP contribution in [-0.4, -0.2) is 17.9 Å².